The van der Waals surface area contributed by atoms with Gasteiger partial charge >= 0.3 is 0 Å². The number of hydrogen-bond acceptors (Lipinski definition) is 2. The van der Waals surface area contributed by atoms with Gasteiger partial charge in [0.1, 0.15) is 12.4 Å². The minimum absolute atomic E-state index is 0.0680. The summed E-state index contributed by atoms with van der Waals surface area (Å²) in [5.74, 6) is -0.370. The molecule has 1 heterocycles. The van der Waals surface area contributed by atoms with Crippen LogP contribution in [0.15, 0.2) is 77.8 Å². The van der Waals surface area contributed by atoms with Crippen molar-refractivity contribution >= 4 is 17.3 Å². The molecule has 0 unspecified atom stereocenters. The normalized spacial score (nSPS) is 13.8. The van der Waals surface area contributed by atoms with Crippen LogP contribution in [0.5, 0.6) is 0 Å². The van der Waals surface area contributed by atoms with Crippen LogP contribution in [0.25, 0.3) is 11.1 Å². The largest absolute Gasteiger partial charge is 0.313 e. The zero-order valence-electron chi connectivity index (χ0n) is 14.3. The number of nitrogens with zero attached hydrogens (tertiary/aromatic N) is 2. The third kappa shape index (κ3) is 2.90. The third-order valence-electron chi connectivity index (χ3n) is 4.58. The Morgan fingerprint density at radius 2 is 1.58 bits per heavy atom. The molecule has 4 rings (SSSR count). The van der Waals surface area contributed by atoms with Crippen LogP contribution in [0.4, 0.5) is 10.1 Å². The van der Waals surface area contributed by atoms with E-state index in [0.29, 0.717) is 5.71 Å². The second kappa shape index (κ2) is 6.56. The van der Waals surface area contributed by atoms with Gasteiger partial charge in [-0.3, -0.25) is 9.79 Å². The molecule has 0 spiro atoms. The number of benzodiazepines with no additional fused rings is 1. The fraction of sp³-hybridized carbons (Fsp3) is 0.0909. The van der Waals surface area contributed by atoms with E-state index >= 15 is 0 Å². The van der Waals surface area contributed by atoms with Gasteiger partial charge in [-0.25, -0.2) is 4.39 Å². The highest BCUT2D eigenvalue weighted by Gasteiger charge is 2.23. The molecule has 0 saturated carbocycles. The number of halogens is 1. The van der Waals surface area contributed by atoms with Crippen LogP contribution in [0, 0.1) is 5.82 Å². The Morgan fingerprint density at radius 3 is 2.31 bits per heavy atom. The summed E-state index contributed by atoms with van der Waals surface area (Å²) in [5, 5.41) is 0. The van der Waals surface area contributed by atoms with E-state index in [9.17, 15) is 9.18 Å². The van der Waals surface area contributed by atoms with Gasteiger partial charge in [-0.2, -0.15) is 0 Å². The number of carbonyl (C=O) groups excluding carboxylic acids is 1. The Hall–Kier alpha value is -3.27. The highest BCUT2D eigenvalue weighted by molar-refractivity contribution is 6.20. The maximum absolute atomic E-state index is 13.3. The third-order valence-corrected chi connectivity index (χ3v) is 4.58. The summed E-state index contributed by atoms with van der Waals surface area (Å²) in [5.41, 5.74) is 5.30. The molecule has 1 aliphatic heterocycles. The molecule has 3 aromatic carbocycles. The zero-order valence-corrected chi connectivity index (χ0v) is 14.3. The lowest BCUT2D eigenvalue weighted by Crippen LogP contribution is -2.27. The van der Waals surface area contributed by atoms with Crippen LogP contribution in [0.1, 0.15) is 11.1 Å². The molecule has 3 nitrogen and oxygen atoms in total. The van der Waals surface area contributed by atoms with Crippen LogP contribution in [0.2, 0.25) is 0 Å². The van der Waals surface area contributed by atoms with E-state index in [1.165, 1.54) is 12.1 Å². The smallest absolute Gasteiger partial charge is 0.248 e. The molecule has 1 amide bonds. The first kappa shape index (κ1) is 16.2. The average molecular weight is 344 g/mol. The van der Waals surface area contributed by atoms with Crippen molar-refractivity contribution in [3.8, 4) is 11.1 Å². The van der Waals surface area contributed by atoms with Gasteiger partial charge in [0.15, 0.2) is 0 Å². The summed E-state index contributed by atoms with van der Waals surface area (Å²) in [6.07, 6.45) is 0. The van der Waals surface area contributed by atoms with Gasteiger partial charge in [-0.15, -0.1) is 0 Å². The first-order chi connectivity index (χ1) is 12.6. The van der Waals surface area contributed by atoms with Gasteiger partial charge in [-0.05, 0) is 47.5 Å². The number of likely N-dealkylation sites (N-methyl/N-ethyl adjacent to an activating group) is 1. The fourth-order valence-corrected chi connectivity index (χ4v) is 3.16. The standard InChI is InChI=1S/C22H17FN2O/c1-25-20-12-9-17(15-5-3-2-4-6-15)13-19(20)22(24-14-21(25)26)16-7-10-18(23)11-8-16/h2-13H,14H2,1H3. The molecule has 0 saturated heterocycles. The summed E-state index contributed by atoms with van der Waals surface area (Å²) in [7, 11) is 1.76. The van der Waals surface area contributed by atoms with Crippen molar-refractivity contribution in [3.05, 3.63) is 89.7 Å². The van der Waals surface area contributed by atoms with Crippen molar-refractivity contribution in [2.45, 2.75) is 0 Å². The van der Waals surface area contributed by atoms with Crippen LogP contribution < -0.4 is 4.90 Å². The van der Waals surface area contributed by atoms with Gasteiger partial charge in [0, 0.05) is 18.2 Å². The summed E-state index contributed by atoms with van der Waals surface area (Å²) >= 11 is 0. The van der Waals surface area contributed by atoms with Crippen molar-refractivity contribution in [2.24, 2.45) is 4.99 Å². The van der Waals surface area contributed by atoms with E-state index in [2.05, 4.69) is 4.99 Å². The molecule has 3 aromatic rings. The van der Waals surface area contributed by atoms with Gasteiger partial charge in [0.05, 0.1) is 11.4 Å². The Balaban J connectivity index is 1.91. The van der Waals surface area contributed by atoms with Crippen molar-refractivity contribution in [1.29, 1.82) is 0 Å². The number of aliphatic imine (C=N–C) groups is 1. The lowest BCUT2D eigenvalue weighted by atomic mass is 9.95. The number of rotatable bonds is 2. The lowest BCUT2D eigenvalue weighted by Gasteiger charge is -2.19. The summed E-state index contributed by atoms with van der Waals surface area (Å²) in [6.45, 7) is 0.0680. The number of anilines is 1. The van der Waals surface area contributed by atoms with E-state index in [0.717, 1.165) is 27.9 Å². The number of hydrogen-bond donors (Lipinski definition) is 0. The molecule has 1 aliphatic rings. The molecular formula is C22H17FN2O. The molecule has 0 N–H and O–H groups in total. The molecule has 4 heteroatoms. The van der Waals surface area contributed by atoms with E-state index in [-0.39, 0.29) is 18.3 Å². The quantitative estimate of drug-likeness (QED) is 0.682. The van der Waals surface area contributed by atoms with Crippen molar-refractivity contribution < 1.29 is 9.18 Å². The van der Waals surface area contributed by atoms with E-state index in [4.69, 9.17) is 0 Å². The second-order valence-corrected chi connectivity index (χ2v) is 6.22. The predicted octanol–water partition coefficient (Wildman–Crippen LogP) is 4.31. The molecule has 0 bridgehead atoms. The maximum atomic E-state index is 13.3. The van der Waals surface area contributed by atoms with E-state index < -0.39 is 0 Å². The highest BCUT2D eigenvalue weighted by Crippen LogP contribution is 2.31. The van der Waals surface area contributed by atoms with E-state index in [1.807, 2.05) is 48.5 Å². The average Bonchev–Trinajstić information content (AvgIpc) is 2.80. The van der Waals surface area contributed by atoms with E-state index in [1.54, 1.807) is 24.1 Å². The summed E-state index contributed by atoms with van der Waals surface area (Å²) in [4.78, 5) is 18.5. The second-order valence-electron chi connectivity index (χ2n) is 6.22. The van der Waals surface area contributed by atoms with Crippen molar-refractivity contribution in [3.63, 3.8) is 0 Å². The topological polar surface area (TPSA) is 32.7 Å². The van der Waals surface area contributed by atoms with Crippen molar-refractivity contribution in [1.82, 2.24) is 0 Å². The molecule has 0 aromatic heterocycles. The Labute approximate surface area is 151 Å². The molecule has 128 valence electrons. The molecule has 26 heavy (non-hydrogen) atoms. The minimum Gasteiger partial charge on any atom is -0.313 e. The van der Waals surface area contributed by atoms with Gasteiger partial charge < -0.3 is 4.90 Å². The fourth-order valence-electron chi connectivity index (χ4n) is 3.16. The maximum Gasteiger partial charge on any atom is 0.248 e. The van der Waals surface area contributed by atoms with Gasteiger partial charge in [0.25, 0.3) is 0 Å². The van der Waals surface area contributed by atoms with Gasteiger partial charge in [0.2, 0.25) is 5.91 Å². The van der Waals surface area contributed by atoms with Gasteiger partial charge in [-0.1, -0.05) is 36.4 Å². The Morgan fingerprint density at radius 1 is 0.885 bits per heavy atom. The Bertz CT molecular complexity index is 994. The van der Waals surface area contributed by atoms with Crippen LogP contribution in [-0.2, 0) is 4.79 Å². The lowest BCUT2D eigenvalue weighted by molar-refractivity contribution is -0.116. The Kier molecular flexibility index (Phi) is 4.09. The highest BCUT2D eigenvalue weighted by atomic mass is 19.1. The number of carbonyl (C=O) groups is 1. The molecule has 0 fully saturated rings. The SMILES string of the molecule is CN1C(=O)CN=C(c2ccc(F)cc2)c2cc(-c3ccccc3)ccc21. The van der Waals surface area contributed by atoms with Crippen molar-refractivity contribution in [2.75, 3.05) is 18.5 Å². The number of fused-ring (bicyclic) bond motifs is 1. The zero-order chi connectivity index (χ0) is 18.1. The van der Waals surface area contributed by atoms with Crippen LogP contribution in [0.3, 0.4) is 0 Å². The minimum atomic E-state index is -0.297. The molecule has 0 radical (unpaired) electrons. The number of amides is 1. The molecule has 0 atom stereocenters. The summed E-state index contributed by atoms with van der Waals surface area (Å²) in [6, 6.07) is 22.3. The predicted molar refractivity (Wildman–Crippen MR) is 102 cm³/mol. The first-order valence-corrected chi connectivity index (χ1v) is 8.40. The monoisotopic (exact) mass is 344 g/mol. The molecular weight excluding hydrogens is 327 g/mol. The first-order valence-electron chi connectivity index (χ1n) is 8.40. The van der Waals surface area contributed by atoms with Crippen LogP contribution >= 0.6 is 0 Å². The number of benzene rings is 3. The van der Waals surface area contributed by atoms with Crippen LogP contribution in [-0.4, -0.2) is 25.2 Å². The summed E-state index contributed by atoms with van der Waals surface area (Å²) < 4.78 is 13.3. The molecule has 0 aliphatic carbocycles.